The summed E-state index contributed by atoms with van der Waals surface area (Å²) >= 11 is 0. The van der Waals surface area contributed by atoms with Crippen LogP contribution in [0.1, 0.15) is 12.0 Å². The predicted octanol–water partition coefficient (Wildman–Crippen LogP) is 1.62. The first-order valence-electron chi connectivity index (χ1n) is 6.99. The molecule has 0 aromatic heterocycles. The molecule has 1 fully saturated rings. The van der Waals surface area contributed by atoms with E-state index in [-0.39, 0.29) is 24.2 Å². The Hall–Kier alpha value is -2.30. The van der Waals surface area contributed by atoms with E-state index in [0.717, 1.165) is 11.3 Å². The maximum Gasteiger partial charge on any atom is 0.227 e. The number of amides is 2. The summed E-state index contributed by atoms with van der Waals surface area (Å²) in [5.74, 6) is -0.422. The van der Waals surface area contributed by atoms with Gasteiger partial charge in [0.2, 0.25) is 11.8 Å². The normalized spacial score (nSPS) is 17.7. The molecule has 1 heterocycles. The van der Waals surface area contributed by atoms with Gasteiger partial charge in [-0.25, -0.2) is 0 Å². The fourth-order valence-corrected chi connectivity index (χ4v) is 2.32. The molecule has 0 unspecified atom stereocenters. The van der Waals surface area contributed by atoms with Crippen LogP contribution in [0.25, 0.3) is 0 Å². The molecule has 112 valence electrons. The van der Waals surface area contributed by atoms with Crippen LogP contribution in [0.5, 0.6) is 0 Å². The molecule has 2 rings (SSSR count). The van der Waals surface area contributed by atoms with E-state index >= 15 is 0 Å². The molecule has 1 saturated heterocycles. The number of rotatable bonds is 6. The fraction of sp³-hybridized carbons (Fsp3) is 0.375. The van der Waals surface area contributed by atoms with Crippen molar-refractivity contribution in [3.63, 3.8) is 0 Å². The first-order valence-corrected chi connectivity index (χ1v) is 6.99. The molecule has 0 aliphatic carbocycles. The molecule has 2 amide bonds. The molecule has 5 nitrogen and oxygen atoms in total. The summed E-state index contributed by atoms with van der Waals surface area (Å²) < 4.78 is 4.94. The van der Waals surface area contributed by atoms with Gasteiger partial charge in [-0.1, -0.05) is 24.3 Å². The molecule has 1 atom stereocenters. The maximum absolute atomic E-state index is 12.1. The average molecular weight is 288 g/mol. The van der Waals surface area contributed by atoms with Gasteiger partial charge < -0.3 is 15.0 Å². The zero-order valence-electron chi connectivity index (χ0n) is 12.2. The standard InChI is InChI=1S/C16H20N2O3/c1-3-21-9-8-17-16(20)13-10-15(19)18(11-13)14-6-4-12(2)5-7-14/h3-7,13H,1,8-11H2,2H3,(H,17,20)/t13-/m1/s1. The van der Waals surface area contributed by atoms with Crippen molar-refractivity contribution in [3.05, 3.63) is 42.7 Å². The van der Waals surface area contributed by atoms with Crippen LogP contribution in [-0.2, 0) is 14.3 Å². The quantitative estimate of drug-likeness (QED) is 0.639. The van der Waals surface area contributed by atoms with E-state index in [2.05, 4.69) is 11.9 Å². The van der Waals surface area contributed by atoms with E-state index in [0.29, 0.717) is 19.7 Å². The lowest BCUT2D eigenvalue weighted by molar-refractivity contribution is -0.126. The predicted molar refractivity (Wildman–Crippen MR) is 80.8 cm³/mol. The van der Waals surface area contributed by atoms with Gasteiger partial charge in [0, 0.05) is 18.7 Å². The van der Waals surface area contributed by atoms with Gasteiger partial charge in [0.15, 0.2) is 0 Å². The Morgan fingerprint density at radius 3 is 2.86 bits per heavy atom. The lowest BCUT2D eigenvalue weighted by atomic mass is 10.1. The van der Waals surface area contributed by atoms with Crippen molar-refractivity contribution < 1.29 is 14.3 Å². The monoisotopic (exact) mass is 288 g/mol. The fourth-order valence-electron chi connectivity index (χ4n) is 2.32. The number of ether oxygens (including phenoxy) is 1. The summed E-state index contributed by atoms with van der Waals surface area (Å²) in [5.41, 5.74) is 1.98. The van der Waals surface area contributed by atoms with Crippen molar-refractivity contribution in [2.45, 2.75) is 13.3 Å². The zero-order chi connectivity index (χ0) is 15.2. The Morgan fingerprint density at radius 2 is 2.19 bits per heavy atom. The topological polar surface area (TPSA) is 58.6 Å². The van der Waals surface area contributed by atoms with Crippen molar-refractivity contribution in [3.8, 4) is 0 Å². The highest BCUT2D eigenvalue weighted by Gasteiger charge is 2.34. The number of nitrogens with zero attached hydrogens (tertiary/aromatic N) is 1. The lowest BCUT2D eigenvalue weighted by Gasteiger charge is -2.17. The summed E-state index contributed by atoms with van der Waals surface area (Å²) in [5, 5.41) is 2.77. The largest absolute Gasteiger partial charge is 0.500 e. The maximum atomic E-state index is 12.1. The number of anilines is 1. The molecule has 1 N–H and O–H groups in total. The second kappa shape index (κ2) is 6.92. The van der Waals surface area contributed by atoms with Crippen LogP contribution in [0.2, 0.25) is 0 Å². The van der Waals surface area contributed by atoms with Gasteiger partial charge in [-0.05, 0) is 19.1 Å². The smallest absolute Gasteiger partial charge is 0.227 e. The van der Waals surface area contributed by atoms with Crippen LogP contribution in [-0.4, -0.2) is 31.5 Å². The molecule has 0 radical (unpaired) electrons. The Kier molecular flexibility index (Phi) is 4.98. The molecule has 0 spiro atoms. The van der Waals surface area contributed by atoms with Gasteiger partial charge in [0.25, 0.3) is 0 Å². The molecule has 0 bridgehead atoms. The highest BCUT2D eigenvalue weighted by molar-refractivity contribution is 6.00. The van der Waals surface area contributed by atoms with Gasteiger partial charge in [0.1, 0.15) is 6.61 Å². The van der Waals surface area contributed by atoms with Gasteiger partial charge >= 0.3 is 0 Å². The third-order valence-electron chi connectivity index (χ3n) is 3.48. The number of hydrogen-bond donors (Lipinski definition) is 1. The van der Waals surface area contributed by atoms with Crippen LogP contribution in [0.15, 0.2) is 37.1 Å². The molecule has 5 heteroatoms. The van der Waals surface area contributed by atoms with Crippen LogP contribution in [0, 0.1) is 12.8 Å². The van der Waals surface area contributed by atoms with E-state index in [1.54, 1.807) is 4.90 Å². The highest BCUT2D eigenvalue weighted by Crippen LogP contribution is 2.25. The molecule has 1 aromatic carbocycles. The summed E-state index contributed by atoms with van der Waals surface area (Å²) in [6.45, 7) is 6.66. The van der Waals surface area contributed by atoms with E-state index in [1.807, 2.05) is 31.2 Å². The third-order valence-corrected chi connectivity index (χ3v) is 3.48. The van der Waals surface area contributed by atoms with E-state index in [4.69, 9.17) is 4.74 Å². The minimum atomic E-state index is -0.303. The van der Waals surface area contributed by atoms with E-state index in [1.165, 1.54) is 6.26 Å². The summed E-state index contributed by atoms with van der Waals surface area (Å²) in [4.78, 5) is 25.7. The molecular weight excluding hydrogens is 268 g/mol. The number of hydrogen-bond acceptors (Lipinski definition) is 3. The third kappa shape index (κ3) is 3.84. The van der Waals surface area contributed by atoms with Crippen molar-refractivity contribution in [1.82, 2.24) is 5.32 Å². The Morgan fingerprint density at radius 1 is 1.48 bits per heavy atom. The molecule has 0 saturated carbocycles. The second-order valence-electron chi connectivity index (χ2n) is 5.07. The van der Waals surface area contributed by atoms with Crippen molar-refractivity contribution in [1.29, 1.82) is 0 Å². The van der Waals surface area contributed by atoms with E-state index in [9.17, 15) is 9.59 Å². The zero-order valence-corrected chi connectivity index (χ0v) is 12.2. The lowest BCUT2D eigenvalue weighted by Crippen LogP contribution is -2.34. The molecule has 21 heavy (non-hydrogen) atoms. The van der Waals surface area contributed by atoms with Crippen molar-refractivity contribution >= 4 is 17.5 Å². The number of aryl methyl sites for hydroxylation is 1. The van der Waals surface area contributed by atoms with Gasteiger partial charge in [-0.2, -0.15) is 0 Å². The van der Waals surface area contributed by atoms with Crippen LogP contribution in [0.4, 0.5) is 5.69 Å². The minimum absolute atomic E-state index is 0.0126. The molecule has 1 aliphatic heterocycles. The summed E-state index contributed by atoms with van der Waals surface area (Å²) in [6, 6.07) is 7.74. The van der Waals surface area contributed by atoms with Crippen LogP contribution < -0.4 is 10.2 Å². The number of carbonyl (C=O) groups is 2. The van der Waals surface area contributed by atoms with E-state index < -0.39 is 0 Å². The number of nitrogens with one attached hydrogen (secondary N) is 1. The van der Waals surface area contributed by atoms with Gasteiger partial charge in [-0.15, -0.1) is 0 Å². The summed E-state index contributed by atoms with van der Waals surface area (Å²) in [7, 11) is 0. The van der Waals surface area contributed by atoms with Gasteiger partial charge in [0.05, 0.1) is 18.7 Å². The van der Waals surface area contributed by atoms with Crippen molar-refractivity contribution in [2.24, 2.45) is 5.92 Å². The van der Waals surface area contributed by atoms with Gasteiger partial charge in [-0.3, -0.25) is 9.59 Å². The molecule has 1 aromatic rings. The average Bonchev–Trinajstić information content (AvgIpc) is 2.86. The first-order chi connectivity index (χ1) is 10.1. The minimum Gasteiger partial charge on any atom is -0.500 e. The highest BCUT2D eigenvalue weighted by atomic mass is 16.5. The Labute approximate surface area is 124 Å². The molecule has 1 aliphatic rings. The second-order valence-corrected chi connectivity index (χ2v) is 5.07. The number of benzene rings is 1. The van der Waals surface area contributed by atoms with Crippen LogP contribution in [0.3, 0.4) is 0 Å². The van der Waals surface area contributed by atoms with Crippen LogP contribution >= 0.6 is 0 Å². The Balaban J connectivity index is 1.91. The Bertz CT molecular complexity index is 525. The SMILES string of the molecule is C=COCCNC(=O)[C@@H]1CC(=O)N(c2ccc(C)cc2)C1. The molecular formula is C16H20N2O3. The first kappa shape index (κ1) is 15.1. The number of carbonyl (C=O) groups excluding carboxylic acids is 2. The van der Waals surface area contributed by atoms with Crippen molar-refractivity contribution in [2.75, 3.05) is 24.6 Å². The summed E-state index contributed by atoms with van der Waals surface area (Å²) in [6.07, 6.45) is 1.59.